The van der Waals surface area contributed by atoms with Crippen LogP contribution in [0, 0.1) is 13.8 Å². The lowest BCUT2D eigenvalue weighted by Crippen LogP contribution is -2.54. The van der Waals surface area contributed by atoms with Crippen molar-refractivity contribution >= 4 is 62.9 Å². The predicted octanol–water partition coefficient (Wildman–Crippen LogP) is 5.05. The minimum atomic E-state index is -4.25. The number of hydrogen-bond donors (Lipinski definition) is 1. The van der Waals surface area contributed by atoms with Gasteiger partial charge in [0.1, 0.15) is 10.5 Å². The highest BCUT2D eigenvalue weighted by Gasteiger charge is 2.37. The second-order valence-electron chi connectivity index (χ2n) is 8.27. The molecule has 0 radical (unpaired) electrons. The molecule has 3 aromatic rings. The van der Waals surface area contributed by atoms with E-state index in [1.165, 1.54) is 43.5 Å². The molecule has 4 rings (SSSR count). The molecule has 0 aromatic heterocycles. The number of anilines is 1. The molecule has 0 saturated carbocycles. The van der Waals surface area contributed by atoms with Crippen molar-refractivity contribution in [2.75, 3.05) is 12.0 Å². The zero-order chi connectivity index (χ0) is 27.8. The van der Waals surface area contributed by atoms with Gasteiger partial charge in [-0.1, -0.05) is 47.0 Å². The molecule has 4 amide bonds. The maximum atomic E-state index is 13.3. The van der Waals surface area contributed by atoms with E-state index in [-0.39, 0.29) is 38.2 Å². The second kappa shape index (κ2) is 10.5. The molecule has 1 aliphatic rings. The molecule has 0 bridgehead atoms. The molecule has 1 fully saturated rings. The van der Waals surface area contributed by atoms with Crippen LogP contribution in [0.4, 0.5) is 10.5 Å². The summed E-state index contributed by atoms with van der Waals surface area (Å²) < 4.78 is 36.1. The van der Waals surface area contributed by atoms with Crippen molar-refractivity contribution in [3.63, 3.8) is 0 Å². The number of imide groups is 2. The van der Waals surface area contributed by atoms with Crippen molar-refractivity contribution in [2.24, 2.45) is 0 Å². The van der Waals surface area contributed by atoms with Gasteiger partial charge in [0, 0.05) is 5.02 Å². The number of halogens is 2. The number of amides is 4. The third-order valence-electron chi connectivity index (χ3n) is 5.58. The monoisotopic (exact) mass is 574 g/mol. The number of carbonyl (C=O) groups excluding carboxylic acids is 3. The molecule has 9 nitrogen and oxygen atoms in total. The van der Waals surface area contributed by atoms with Crippen LogP contribution in [-0.4, -0.2) is 33.4 Å². The Labute approximate surface area is 228 Å². The highest BCUT2D eigenvalue weighted by atomic mass is 35.5. The smallest absolute Gasteiger partial charge is 0.339 e. The van der Waals surface area contributed by atoms with E-state index in [0.29, 0.717) is 10.6 Å². The van der Waals surface area contributed by atoms with Gasteiger partial charge < -0.3 is 8.92 Å². The number of barbiturate groups is 1. The van der Waals surface area contributed by atoms with E-state index in [1.807, 2.05) is 6.92 Å². The summed E-state index contributed by atoms with van der Waals surface area (Å²) in [6.07, 6.45) is 1.20. The van der Waals surface area contributed by atoms with Gasteiger partial charge in [-0.3, -0.25) is 14.9 Å². The third-order valence-corrected chi connectivity index (χ3v) is 7.33. The van der Waals surface area contributed by atoms with Gasteiger partial charge in [0.25, 0.3) is 11.8 Å². The van der Waals surface area contributed by atoms with Crippen LogP contribution in [0.1, 0.15) is 16.7 Å². The van der Waals surface area contributed by atoms with E-state index in [0.717, 1.165) is 10.5 Å². The zero-order valence-corrected chi connectivity index (χ0v) is 22.6. The maximum absolute atomic E-state index is 13.3. The number of aryl methyl sites for hydroxylation is 2. The van der Waals surface area contributed by atoms with Crippen LogP contribution in [0.2, 0.25) is 10.0 Å². The minimum Gasteiger partial charge on any atom is -0.493 e. The van der Waals surface area contributed by atoms with Gasteiger partial charge in [0.2, 0.25) is 5.75 Å². The molecule has 1 heterocycles. The van der Waals surface area contributed by atoms with Gasteiger partial charge >= 0.3 is 16.1 Å². The Morgan fingerprint density at radius 2 is 1.63 bits per heavy atom. The largest absolute Gasteiger partial charge is 0.493 e. The summed E-state index contributed by atoms with van der Waals surface area (Å²) in [4.78, 5) is 39.1. The number of methoxy groups -OCH3 is 1. The predicted molar refractivity (Wildman–Crippen MR) is 142 cm³/mol. The van der Waals surface area contributed by atoms with Crippen molar-refractivity contribution in [3.05, 3.63) is 86.9 Å². The Morgan fingerprint density at radius 1 is 0.947 bits per heavy atom. The normalized spacial score (nSPS) is 15.0. The Hall–Kier alpha value is -3.86. The molecule has 38 heavy (non-hydrogen) atoms. The third kappa shape index (κ3) is 5.38. The Morgan fingerprint density at radius 3 is 2.29 bits per heavy atom. The van der Waals surface area contributed by atoms with Crippen LogP contribution in [0.3, 0.4) is 0 Å². The minimum absolute atomic E-state index is 0.0673. The first-order chi connectivity index (χ1) is 17.9. The summed E-state index contributed by atoms with van der Waals surface area (Å²) in [6.45, 7) is 3.49. The first kappa shape index (κ1) is 27.2. The number of hydrogen-bond acceptors (Lipinski definition) is 7. The molecule has 1 aliphatic heterocycles. The number of urea groups is 1. The zero-order valence-electron chi connectivity index (χ0n) is 20.2. The molecule has 0 atom stereocenters. The first-order valence-electron chi connectivity index (χ1n) is 11.0. The standard InChI is InChI=1S/C26H20Cl2N2O7S/c1-14-4-8-18(9-5-14)38(34,35)37-23-20(28)11-16(12-22(23)36-3)10-19-24(31)29-26(33)30(25(19)32)21-13-17(27)7-6-15(21)2/h4-13H,1-3H3,(H,29,31,33)/b19-10+. The molecule has 1 saturated heterocycles. The van der Waals surface area contributed by atoms with Crippen molar-refractivity contribution in [1.82, 2.24) is 5.32 Å². The highest BCUT2D eigenvalue weighted by Crippen LogP contribution is 2.39. The van der Waals surface area contributed by atoms with E-state index in [1.54, 1.807) is 31.2 Å². The molecule has 1 N–H and O–H groups in total. The number of rotatable bonds is 6. The Bertz CT molecular complexity index is 1620. The summed E-state index contributed by atoms with van der Waals surface area (Å²) in [7, 11) is -2.97. The van der Waals surface area contributed by atoms with Crippen LogP contribution < -0.4 is 19.1 Å². The van der Waals surface area contributed by atoms with Gasteiger partial charge in [0.15, 0.2) is 5.75 Å². The molecular formula is C26H20Cl2N2O7S. The number of ether oxygens (including phenoxy) is 1. The number of nitrogens with zero attached hydrogens (tertiary/aromatic N) is 1. The quantitative estimate of drug-likeness (QED) is 0.248. The highest BCUT2D eigenvalue weighted by molar-refractivity contribution is 7.87. The fraction of sp³-hybridized carbons (Fsp3) is 0.115. The van der Waals surface area contributed by atoms with E-state index < -0.39 is 28.0 Å². The Kier molecular flexibility index (Phi) is 7.50. The number of nitrogens with one attached hydrogen (secondary N) is 1. The van der Waals surface area contributed by atoms with Crippen LogP contribution in [0.15, 0.2) is 65.1 Å². The van der Waals surface area contributed by atoms with Gasteiger partial charge in [-0.2, -0.15) is 8.42 Å². The van der Waals surface area contributed by atoms with Crippen LogP contribution in [-0.2, 0) is 19.7 Å². The van der Waals surface area contributed by atoms with Crippen molar-refractivity contribution < 1.29 is 31.7 Å². The fourth-order valence-electron chi connectivity index (χ4n) is 3.63. The van der Waals surface area contributed by atoms with Crippen LogP contribution in [0.5, 0.6) is 11.5 Å². The second-order valence-corrected chi connectivity index (χ2v) is 10.7. The van der Waals surface area contributed by atoms with Crippen LogP contribution >= 0.6 is 23.2 Å². The summed E-state index contributed by atoms with van der Waals surface area (Å²) in [5.74, 6) is -2.15. The molecule has 0 unspecified atom stereocenters. The van der Waals surface area contributed by atoms with Gasteiger partial charge in [-0.25, -0.2) is 9.69 Å². The van der Waals surface area contributed by atoms with E-state index in [4.69, 9.17) is 32.1 Å². The lowest BCUT2D eigenvalue weighted by molar-refractivity contribution is -0.122. The molecular weight excluding hydrogens is 555 g/mol. The SMILES string of the molecule is COc1cc(/C=C2\C(=O)NC(=O)N(c3cc(Cl)ccc3C)C2=O)cc(Cl)c1OS(=O)(=O)c1ccc(C)cc1. The Balaban J connectivity index is 1.72. The lowest BCUT2D eigenvalue weighted by atomic mass is 10.1. The van der Waals surface area contributed by atoms with E-state index in [2.05, 4.69) is 5.32 Å². The van der Waals surface area contributed by atoms with E-state index in [9.17, 15) is 22.8 Å². The molecule has 196 valence electrons. The van der Waals surface area contributed by atoms with Crippen molar-refractivity contribution in [1.29, 1.82) is 0 Å². The van der Waals surface area contributed by atoms with Gasteiger partial charge in [-0.15, -0.1) is 0 Å². The number of benzene rings is 3. The van der Waals surface area contributed by atoms with Crippen molar-refractivity contribution in [2.45, 2.75) is 18.7 Å². The average Bonchev–Trinajstić information content (AvgIpc) is 2.85. The summed E-state index contributed by atoms with van der Waals surface area (Å²) in [5, 5.41) is 2.27. The molecule has 3 aromatic carbocycles. The van der Waals surface area contributed by atoms with E-state index >= 15 is 0 Å². The van der Waals surface area contributed by atoms with Gasteiger partial charge in [0.05, 0.1) is 17.8 Å². The molecule has 0 spiro atoms. The average molecular weight is 575 g/mol. The molecule has 12 heteroatoms. The first-order valence-corrected chi connectivity index (χ1v) is 13.1. The lowest BCUT2D eigenvalue weighted by Gasteiger charge is -2.27. The summed E-state index contributed by atoms with van der Waals surface area (Å²) >= 11 is 12.4. The maximum Gasteiger partial charge on any atom is 0.339 e. The topological polar surface area (TPSA) is 119 Å². The number of carbonyl (C=O) groups is 3. The van der Waals surface area contributed by atoms with Crippen molar-refractivity contribution in [3.8, 4) is 11.5 Å². The molecule has 0 aliphatic carbocycles. The summed E-state index contributed by atoms with van der Waals surface area (Å²) in [6, 6.07) is 12.4. The van der Waals surface area contributed by atoms with Crippen LogP contribution in [0.25, 0.3) is 6.08 Å². The fourth-order valence-corrected chi connectivity index (χ4v) is 5.06. The van der Waals surface area contributed by atoms with Gasteiger partial charge in [-0.05, 0) is 67.4 Å². The summed E-state index contributed by atoms with van der Waals surface area (Å²) in [5.41, 5.74) is 1.49.